The third-order valence-corrected chi connectivity index (χ3v) is 7.64. The molecule has 1 aliphatic heterocycles. The Kier molecular flexibility index (Phi) is 4.95. The zero-order valence-electron chi connectivity index (χ0n) is 15.0. The van der Waals surface area contributed by atoms with Crippen molar-refractivity contribution >= 4 is 32.3 Å². The van der Waals surface area contributed by atoms with Crippen LogP contribution in [-0.2, 0) is 15.6 Å². The van der Waals surface area contributed by atoms with Crippen LogP contribution in [0.5, 0.6) is 0 Å². The first-order chi connectivity index (χ1) is 12.1. The second-order valence-corrected chi connectivity index (χ2v) is 10.2. The summed E-state index contributed by atoms with van der Waals surface area (Å²) in [6.07, 6.45) is 3.21. The van der Waals surface area contributed by atoms with Gasteiger partial charge in [0.1, 0.15) is 4.21 Å². The standard InChI is InChI=1S/C16H23N5O3S2/c1-11-10-20(26(23,24)14-5-4-13(17)25-14)6-7-21(11)15-18-8-12(9-19-15)16(2,3)22/h4-5,8-9,11,22H,6-7,10,17H2,1-3H3/t11-/m0/s1. The maximum atomic E-state index is 12.7. The summed E-state index contributed by atoms with van der Waals surface area (Å²) >= 11 is 1.08. The molecule has 0 aromatic carbocycles. The van der Waals surface area contributed by atoms with Crippen molar-refractivity contribution in [2.24, 2.45) is 0 Å². The highest BCUT2D eigenvalue weighted by Gasteiger charge is 2.34. The Morgan fingerprint density at radius 1 is 1.27 bits per heavy atom. The Morgan fingerprint density at radius 2 is 1.92 bits per heavy atom. The van der Waals surface area contributed by atoms with Crippen LogP contribution in [-0.4, -0.2) is 53.5 Å². The number of nitrogens with zero attached hydrogens (tertiary/aromatic N) is 4. The molecule has 10 heteroatoms. The second-order valence-electron chi connectivity index (χ2n) is 6.89. The molecule has 0 bridgehead atoms. The summed E-state index contributed by atoms with van der Waals surface area (Å²) in [6, 6.07) is 3.07. The fraction of sp³-hybridized carbons (Fsp3) is 0.500. The van der Waals surface area contributed by atoms with Gasteiger partial charge in [-0.1, -0.05) is 0 Å². The lowest BCUT2D eigenvalue weighted by Crippen LogP contribution is -2.54. The summed E-state index contributed by atoms with van der Waals surface area (Å²) in [5, 5.41) is 10.5. The first-order valence-corrected chi connectivity index (χ1v) is 10.5. The van der Waals surface area contributed by atoms with E-state index in [1.807, 2.05) is 11.8 Å². The van der Waals surface area contributed by atoms with E-state index in [9.17, 15) is 13.5 Å². The van der Waals surface area contributed by atoms with Gasteiger partial charge < -0.3 is 15.7 Å². The number of aliphatic hydroxyl groups is 1. The van der Waals surface area contributed by atoms with Gasteiger partial charge in [-0.15, -0.1) is 11.3 Å². The molecule has 0 amide bonds. The van der Waals surface area contributed by atoms with Crippen molar-refractivity contribution in [2.45, 2.75) is 36.6 Å². The predicted octanol–water partition coefficient (Wildman–Crippen LogP) is 1.25. The Labute approximate surface area is 157 Å². The highest BCUT2D eigenvalue weighted by molar-refractivity contribution is 7.91. The van der Waals surface area contributed by atoms with Crippen LogP contribution in [0.15, 0.2) is 28.7 Å². The molecule has 0 aliphatic carbocycles. The number of aromatic nitrogens is 2. The van der Waals surface area contributed by atoms with Crippen LogP contribution in [0.25, 0.3) is 0 Å². The summed E-state index contributed by atoms with van der Waals surface area (Å²) < 4.78 is 27.2. The lowest BCUT2D eigenvalue weighted by Gasteiger charge is -2.39. The average molecular weight is 398 g/mol. The fourth-order valence-electron chi connectivity index (χ4n) is 2.83. The maximum absolute atomic E-state index is 12.7. The Balaban J connectivity index is 1.74. The number of hydrogen-bond acceptors (Lipinski definition) is 8. The Bertz CT molecular complexity index is 874. The molecule has 0 saturated carbocycles. The van der Waals surface area contributed by atoms with Gasteiger partial charge in [-0.2, -0.15) is 4.31 Å². The molecule has 3 N–H and O–H groups in total. The van der Waals surface area contributed by atoms with Gasteiger partial charge >= 0.3 is 0 Å². The van der Waals surface area contributed by atoms with Crippen molar-refractivity contribution in [3.8, 4) is 0 Å². The predicted molar refractivity (Wildman–Crippen MR) is 102 cm³/mol. The monoisotopic (exact) mass is 397 g/mol. The van der Waals surface area contributed by atoms with E-state index in [4.69, 9.17) is 5.73 Å². The summed E-state index contributed by atoms with van der Waals surface area (Å²) in [6.45, 7) is 6.47. The first kappa shape index (κ1) is 19.0. The third-order valence-electron chi connectivity index (χ3n) is 4.39. The van der Waals surface area contributed by atoms with Crippen molar-refractivity contribution in [1.82, 2.24) is 14.3 Å². The van der Waals surface area contributed by atoms with E-state index in [2.05, 4.69) is 9.97 Å². The molecular weight excluding hydrogens is 374 g/mol. The molecule has 1 atom stereocenters. The van der Waals surface area contributed by atoms with Gasteiger partial charge in [0, 0.05) is 43.6 Å². The van der Waals surface area contributed by atoms with Gasteiger partial charge in [0.15, 0.2) is 0 Å². The van der Waals surface area contributed by atoms with E-state index in [-0.39, 0.29) is 10.3 Å². The fourth-order valence-corrected chi connectivity index (χ4v) is 5.58. The van der Waals surface area contributed by atoms with E-state index < -0.39 is 15.6 Å². The van der Waals surface area contributed by atoms with Crippen LogP contribution in [0.3, 0.4) is 0 Å². The van der Waals surface area contributed by atoms with Gasteiger partial charge in [0.2, 0.25) is 5.95 Å². The van der Waals surface area contributed by atoms with Crippen LogP contribution >= 0.6 is 11.3 Å². The number of rotatable bonds is 4. The zero-order chi connectivity index (χ0) is 19.1. The smallest absolute Gasteiger partial charge is 0.252 e. The molecule has 2 aromatic rings. The Hall–Kier alpha value is -1.75. The molecule has 0 unspecified atom stereocenters. The van der Waals surface area contributed by atoms with Crippen LogP contribution in [0.2, 0.25) is 0 Å². The highest BCUT2D eigenvalue weighted by atomic mass is 32.2. The van der Waals surface area contributed by atoms with E-state index in [1.165, 1.54) is 4.31 Å². The molecular formula is C16H23N5O3S2. The van der Waals surface area contributed by atoms with Crippen molar-refractivity contribution in [1.29, 1.82) is 0 Å². The van der Waals surface area contributed by atoms with Crippen molar-refractivity contribution in [3.05, 3.63) is 30.1 Å². The largest absolute Gasteiger partial charge is 0.391 e. The SMILES string of the molecule is C[C@H]1CN(S(=O)(=O)c2ccc(N)s2)CCN1c1ncc(C(C)(C)O)cn1. The maximum Gasteiger partial charge on any atom is 0.252 e. The van der Waals surface area contributed by atoms with Gasteiger partial charge in [0.25, 0.3) is 10.0 Å². The Morgan fingerprint density at radius 3 is 2.42 bits per heavy atom. The molecule has 1 aliphatic rings. The molecule has 3 heterocycles. The van der Waals surface area contributed by atoms with Crippen LogP contribution in [0.4, 0.5) is 10.9 Å². The number of nitrogens with two attached hydrogens (primary N) is 1. The average Bonchev–Trinajstić information content (AvgIpc) is 3.01. The molecule has 0 radical (unpaired) electrons. The number of thiophene rings is 1. The van der Waals surface area contributed by atoms with Crippen LogP contribution < -0.4 is 10.6 Å². The first-order valence-electron chi connectivity index (χ1n) is 8.26. The topological polar surface area (TPSA) is 113 Å². The molecule has 3 rings (SSSR count). The molecule has 2 aromatic heterocycles. The van der Waals surface area contributed by atoms with E-state index >= 15 is 0 Å². The van der Waals surface area contributed by atoms with E-state index in [0.717, 1.165) is 11.3 Å². The molecule has 26 heavy (non-hydrogen) atoms. The highest BCUT2D eigenvalue weighted by Crippen LogP contribution is 2.28. The number of nitrogen functional groups attached to an aromatic ring is 1. The normalized spacial score (nSPS) is 19.7. The lowest BCUT2D eigenvalue weighted by atomic mass is 10.0. The van der Waals surface area contributed by atoms with Gasteiger partial charge in [-0.25, -0.2) is 18.4 Å². The lowest BCUT2D eigenvalue weighted by molar-refractivity contribution is 0.0778. The van der Waals surface area contributed by atoms with Crippen LogP contribution in [0.1, 0.15) is 26.3 Å². The summed E-state index contributed by atoms with van der Waals surface area (Å²) in [7, 11) is -3.53. The van der Waals surface area contributed by atoms with Gasteiger partial charge in [-0.05, 0) is 32.9 Å². The zero-order valence-corrected chi connectivity index (χ0v) is 16.6. The number of piperazine rings is 1. The summed E-state index contributed by atoms with van der Waals surface area (Å²) in [4.78, 5) is 10.7. The van der Waals surface area contributed by atoms with E-state index in [1.54, 1.807) is 38.4 Å². The van der Waals surface area contributed by atoms with Gasteiger partial charge in [-0.3, -0.25) is 0 Å². The number of sulfonamides is 1. The molecule has 1 fully saturated rings. The quantitative estimate of drug-likeness (QED) is 0.798. The molecule has 0 spiro atoms. The summed E-state index contributed by atoms with van der Waals surface area (Å²) in [5.74, 6) is 0.530. The summed E-state index contributed by atoms with van der Waals surface area (Å²) in [5.41, 5.74) is 5.30. The minimum Gasteiger partial charge on any atom is -0.391 e. The van der Waals surface area contributed by atoms with Crippen molar-refractivity contribution in [2.75, 3.05) is 30.3 Å². The van der Waals surface area contributed by atoms with Crippen molar-refractivity contribution in [3.63, 3.8) is 0 Å². The molecule has 8 nitrogen and oxygen atoms in total. The molecule has 1 saturated heterocycles. The second kappa shape index (κ2) is 6.76. The number of hydrogen-bond donors (Lipinski definition) is 2. The minimum atomic E-state index is -3.53. The third kappa shape index (κ3) is 3.68. The van der Waals surface area contributed by atoms with Crippen LogP contribution in [0, 0.1) is 0 Å². The number of anilines is 2. The minimum absolute atomic E-state index is 0.0798. The van der Waals surface area contributed by atoms with Gasteiger partial charge in [0.05, 0.1) is 10.6 Å². The molecule has 142 valence electrons. The van der Waals surface area contributed by atoms with E-state index in [0.29, 0.717) is 36.1 Å². The van der Waals surface area contributed by atoms with Crippen molar-refractivity contribution < 1.29 is 13.5 Å².